The summed E-state index contributed by atoms with van der Waals surface area (Å²) in [4.78, 5) is 34.6. The van der Waals surface area contributed by atoms with Gasteiger partial charge in [0.25, 0.3) is 11.6 Å². The van der Waals surface area contributed by atoms with Gasteiger partial charge in [0, 0.05) is 12.1 Å². The van der Waals surface area contributed by atoms with Gasteiger partial charge in [0.05, 0.1) is 12.8 Å². The third-order valence-corrected chi connectivity index (χ3v) is 3.40. The maximum absolute atomic E-state index is 12.2. The van der Waals surface area contributed by atoms with Crippen molar-refractivity contribution in [3.05, 3.63) is 56.3 Å². The smallest absolute Gasteiger partial charge is 0.337 e. The van der Waals surface area contributed by atoms with Crippen LogP contribution in [0, 0.1) is 0 Å². The van der Waals surface area contributed by atoms with Crippen LogP contribution in [0.5, 0.6) is 11.9 Å². The van der Waals surface area contributed by atoms with Crippen molar-refractivity contribution in [3.8, 4) is 11.9 Å². The number of hydrogen-bond donors (Lipinski definition) is 1. The third-order valence-electron chi connectivity index (χ3n) is 3.40. The van der Waals surface area contributed by atoms with Crippen LogP contribution in [-0.4, -0.2) is 22.1 Å². The summed E-state index contributed by atoms with van der Waals surface area (Å²) in [6.07, 6.45) is 0.515. The van der Waals surface area contributed by atoms with E-state index in [1.807, 2.05) is 6.92 Å². The molecule has 0 aliphatic heterocycles. The fourth-order valence-corrected chi connectivity index (χ4v) is 2.27. The molecule has 3 rings (SSSR count). The number of aromatic nitrogens is 3. The lowest BCUT2D eigenvalue weighted by Crippen LogP contribution is -2.15. The summed E-state index contributed by atoms with van der Waals surface area (Å²) in [5.41, 5.74) is 0.153. The Bertz CT molecular complexity index is 993. The van der Waals surface area contributed by atoms with Crippen molar-refractivity contribution >= 4 is 11.1 Å². The van der Waals surface area contributed by atoms with Crippen LogP contribution in [-0.2, 0) is 13.0 Å². The van der Waals surface area contributed by atoms with E-state index in [0.717, 1.165) is 0 Å². The third kappa shape index (κ3) is 3.12. The Labute approximate surface area is 136 Å². The highest BCUT2D eigenvalue weighted by Gasteiger charge is 2.12. The van der Waals surface area contributed by atoms with Gasteiger partial charge in [-0.3, -0.25) is 9.78 Å². The molecule has 0 bridgehead atoms. The molecule has 0 radical (unpaired) electrons. The van der Waals surface area contributed by atoms with Gasteiger partial charge in [-0.05, 0) is 18.1 Å². The first-order valence-corrected chi connectivity index (χ1v) is 7.30. The monoisotopic (exact) mass is 329 g/mol. The second-order valence-electron chi connectivity index (χ2n) is 4.96. The van der Waals surface area contributed by atoms with Gasteiger partial charge >= 0.3 is 5.63 Å². The molecule has 0 aliphatic carbocycles. The van der Waals surface area contributed by atoms with E-state index in [9.17, 15) is 9.59 Å². The molecular formula is C16H15N3O5. The predicted octanol–water partition coefficient (Wildman–Crippen LogP) is 1.42. The average Bonchev–Trinajstić information content (AvgIpc) is 2.59. The zero-order valence-electron chi connectivity index (χ0n) is 13.2. The zero-order valence-corrected chi connectivity index (χ0v) is 13.2. The Morgan fingerprint density at radius 3 is 2.83 bits per heavy atom. The number of fused-ring (bicyclic) bond motifs is 1. The van der Waals surface area contributed by atoms with Gasteiger partial charge in [-0.2, -0.15) is 4.98 Å². The van der Waals surface area contributed by atoms with E-state index in [4.69, 9.17) is 13.9 Å². The topological polar surface area (TPSA) is 107 Å². The Hall–Kier alpha value is -3.16. The summed E-state index contributed by atoms with van der Waals surface area (Å²) in [6.45, 7) is 1.91. The molecule has 0 aromatic carbocycles. The first kappa shape index (κ1) is 15.7. The summed E-state index contributed by atoms with van der Waals surface area (Å²) in [5, 5.41) is 0.254. The molecule has 8 nitrogen and oxygen atoms in total. The van der Waals surface area contributed by atoms with Crippen LogP contribution >= 0.6 is 0 Å². The van der Waals surface area contributed by atoms with Crippen molar-refractivity contribution < 1.29 is 13.9 Å². The number of H-pyrrole nitrogens is 1. The molecule has 0 saturated carbocycles. The Morgan fingerprint density at radius 2 is 2.08 bits per heavy atom. The van der Waals surface area contributed by atoms with E-state index >= 15 is 0 Å². The second kappa shape index (κ2) is 6.53. The van der Waals surface area contributed by atoms with E-state index in [1.54, 1.807) is 18.2 Å². The molecule has 0 atom stereocenters. The maximum Gasteiger partial charge on any atom is 0.337 e. The minimum Gasteiger partial charge on any atom is -0.481 e. The Balaban J connectivity index is 1.93. The summed E-state index contributed by atoms with van der Waals surface area (Å²) >= 11 is 0. The molecule has 0 saturated heterocycles. The molecule has 0 amide bonds. The zero-order chi connectivity index (χ0) is 17.1. The fourth-order valence-electron chi connectivity index (χ4n) is 2.27. The van der Waals surface area contributed by atoms with Crippen LogP contribution < -0.4 is 20.7 Å². The van der Waals surface area contributed by atoms with E-state index in [1.165, 1.54) is 13.2 Å². The molecule has 0 aliphatic rings. The Kier molecular flexibility index (Phi) is 4.28. The first-order chi connectivity index (χ1) is 11.6. The Morgan fingerprint density at radius 1 is 1.25 bits per heavy atom. The van der Waals surface area contributed by atoms with Gasteiger partial charge in [0.2, 0.25) is 11.6 Å². The number of hydrogen-bond acceptors (Lipinski definition) is 7. The van der Waals surface area contributed by atoms with E-state index in [-0.39, 0.29) is 23.7 Å². The number of rotatable bonds is 5. The van der Waals surface area contributed by atoms with Gasteiger partial charge in [0.15, 0.2) is 0 Å². The maximum atomic E-state index is 12.2. The number of nitrogens with zero attached hydrogens (tertiary/aromatic N) is 2. The summed E-state index contributed by atoms with van der Waals surface area (Å²) in [6, 6.07) is 6.47. The molecule has 0 spiro atoms. The molecule has 0 unspecified atom stereocenters. The lowest BCUT2D eigenvalue weighted by Gasteiger charge is -2.07. The normalized spacial score (nSPS) is 10.8. The number of aryl methyl sites for hydroxylation is 1. The van der Waals surface area contributed by atoms with E-state index in [0.29, 0.717) is 23.6 Å². The molecule has 124 valence electrons. The lowest BCUT2D eigenvalue weighted by atomic mass is 10.1. The highest BCUT2D eigenvalue weighted by molar-refractivity contribution is 5.75. The second-order valence-corrected chi connectivity index (χ2v) is 4.96. The van der Waals surface area contributed by atoms with Gasteiger partial charge < -0.3 is 13.9 Å². The van der Waals surface area contributed by atoms with Gasteiger partial charge in [-0.25, -0.2) is 9.78 Å². The minimum absolute atomic E-state index is 0.0447. The number of aromatic amines is 1. The molecular weight excluding hydrogens is 314 g/mol. The van der Waals surface area contributed by atoms with Crippen molar-refractivity contribution in [2.24, 2.45) is 0 Å². The molecule has 8 heteroatoms. The molecule has 0 fully saturated rings. The quantitative estimate of drug-likeness (QED) is 0.754. The van der Waals surface area contributed by atoms with Gasteiger partial charge in [-0.15, -0.1) is 0 Å². The van der Waals surface area contributed by atoms with Crippen LogP contribution in [0.15, 0.2) is 38.3 Å². The fraction of sp³-hybridized carbons (Fsp3) is 0.250. The number of nitrogens with one attached hydrogen (secondary N) is 1. The highest BCUT2D eigenvalue weighted by atomic mass is 16.5. The van der Waals surface area contributed by atoms with Crippen molar-refractivity contribution in [2.75, 3.05) is 7.11 Å². The molecule has 1 N–H and O–H groups in total. The van der Waals surface area contributed by atoms with E-state index in [2.05, 4.69) is 15.0 Å². The van der Waals surface area contributed by atoms with Gasteiger partial charge in [-0.1, -0.05) is 13.0 Å². The van der Waals surface area contributed by atoms with Crippen molar-refractivity contribution in [1.82, 2.24) is 15.0 Å². The largest absolute Gasteiger partial charge is 0.481 e. The molecule has 3 aromatic heterocycles. The van der Waals surface area contributed by atoms with Crippen LogP contribution in [0.3, 0.4) is 0 Å². The summed E-state index contributed by atoms with van der Waals surface area (Å²) < 4.78 is 15.5. The molecule has 24 heavy (non-hydrogen) atoms. The summed E-state index contributed by atoms with van der Waals surface area (Å²) in [5.74, 6) is 0.453. The number of methoxy groups -OCH3 is 1. The minimum atomic E-state index is -0.558. The lowest BCUT2D eigenvalue weighted by molar-refractivity contribution is 0.273. The average molecular weight is 329 g/mol. The first-order valence-electron chi connectivity index (χ1n) is 7.30. The highest BCUT2D eigenvalue weighted by Crippen LogP contribution is 2.14. The SMILES string of the molecule is CCc1cc(=O)oc2nc(OCc3cccc(OC)n3)[nH]c(=O)c12. The van der Waals surface area contributed by atoms with Crippen LogP contribution in [0.25, 0.3) is 11.1 Å². The van der Waals surface area contributed by atoms with Crippen LogP contribution in [0.2, 0.25) is 0 Å². The van der Waals surface area contributed by atoms with Crippen LogP contribution in [0.4, 0.5) is 0 Å². The molecule has 3 aromatic rings. The summed E-state index contributed by atoms with van der Waals surface area (Å²) in [7, 11) is 1.52. The van der Waals surface area contributed by atoms with E-state index < -0.39 is 11.2 Å². The standard InChI is InChI=1S/C16H15N3O5/c1-3-9-7-12(20)24-15-13(9)14(21)18-16(19-15)23-8-10-5-4-6-11(17-10)22-2/h4-7H,3,8H2,1-2H3,(H,18,19,21). The molecule has 3 heterocycles. The van der Waals surface area contributed by atoms with Crippen molar-refractivity contribution in [1.29, 1.82) is 0 Å². The van der Waals surface area contributed by atoms with Crippen LogP contribution in [0.1, 0.15) is 18.2 Å². The number of ether oxygens (including phenoxy) is 2. The predicted molar refractivity (Wildman–Crippen MR) is 85.4 cm³/mol. The van der Waals surface area contributed by atoms with Gasteiger partial charge in [0.1, 0.15) is 12.0 Å². The van der Waals surface area contributed by atoms with Crippen molar-refractivity contribution in [3.63, 3.8) is 0 Å². The van der Waals surface area contributed by atoms with Crippen molar-refractivity contribution in [2.45, 2.75) is 20.0 Å². The number of pyridine rings is 1.